The van der Waals surface area contributed by atoms with Crippen LogP contribution in [-0.2, 0) is 6.54 Å². The molecule has 2 aliphatic rings. The summed E-state index contributed by atoms with van der Waals surface area (Å²) in [4.78, 5) is 21.5. The van der Waals surface area contributed by atoms with Gasteiger partial charge in [0.05, 0.1) is 12.0 Å². The molecule has 4 heterocycles. The maximum absolute atomic E-state index is 4.49. The number of hydrogen-bond acceptors (Lipinski definition) is 5. The Morgan fingerprint density at radius 3 is 2.57 bits per heavy atom. The van der Waals surface area contributed by atoms with E-state index in [-0.39, 0.29) is 0 Å². The van der Waals surface area contributed by atoms with Crippen LogP contribution in [0.5, 0.6) is 0 Å². The Bertz CT molecular complexity index is 644. The number of aromatic nitrogens is 4. The van der Waals surface area contributed by atoms with Crippen LogP contribution in [0.1, 0.15) is 37.1 Å². The van der Waals surface area contributed by atoms with Crippen LogP contribution in [0.25, 0.3) is 0 Å². The minimum absolute atomic E-state index is 0.344. The van der Waals surface area contributed by atoms with Gasteiger partial charge in [0.15, 0.2) is 0 Å². The Morgan fingerprint density at radius 2 is 1.87 bits per heavy atom. The Kier molecular flexibility index (Phi) is 3.77. The normalized spacial score (nSPS) is 21.2. The van der Waals surface area contributed by atoms with Crippen molar-refractivity contribution < 1.29 is 0 Å². The molecule has 2 aromatic heterocycles. The van der Waals surface area contributed by atoms with Crippen molar-refractivity contribution in [1.82, 2.24) is 24.8 Å². The average Bonchev–Trinajstić information content (AvgIpc) is 3.17. The summed E-state index contributed by atoms with van der Waals surface area (Å²) in [5, 5.41) is 0. The molecule has 23 heavy (non-hydrogen) atoms. The van der Waals surface area contributed by atoms with Crippen LogP contribution in [0.3, 0.4) is 0 Å². The first-order chi connectivity index (χ1) is 11.3. The molecule has 0 saturated carbocycles. The maximum Gasteiger partial charge on any atom is 0.225 e. The van der Waals surface area contributed by atoms with Gasteiger partial charge in [0.1, 0.15) is 0 Å². The second kappa shape index (κ2) is 5.92. The van der Waals surface area contributed by atoms with E-state index >= 15 is 0 Å². The van der Waals surface area contributed by atoms with Crippen LogP contribution in [0.4, 0.5) is 5.95 Å². The number of hydrogen-bond donors (Lipinski definition) is 1. The lowest BCUT2D eigenvalue weighted by atomic mass is 9.85. The van der Waals surface area contributed by atoms with Gasteiger partial charge in [-0.3, -0.25) is 4.90 Å². The Morgan fingerprint density at radius 1 is 1.09 bits per heavy atom. The summed E-state index contributed by atoms with van der Waals surface area (Å²) in [7, 11) is 0. The van der Waals surface area contributed by atoms with Gasteiger partial charge in [-0.1, -0.05) is 0 Å². The molecule has 0 aliphatic carbocycles. The lowest BCUT2D eigenvalue weighted by Crippen LogP contribution is -2.52. The topological polar surface area (TPSA) is 60.9 Å². The van der Waals surface area contributed by atoms with E-state index in [0.29, 0.717) is 5.54 Å². The molecule has 0 atom stereocenters. The molecule has 1 spiro atoms. The molecule has 2 saturated heterocycles. The lowest BCUT2D eigenvalue weighted by Gasteiger charge is -2.45. The summed E-state index contributed by atoms with van der Waals surface area (Å²) in [5.74, 6) is 0.870. The molecular weight excluding hydrogens is 288 g/mol. The van der Waals surface area contributed by atoms with Gasteiger partial charge in [-0.05, 0) is 45.2 Å². The number of piperidine rings is 1. The third-order valence-electron chi connectivity index (χ3n) is 5.55. The zero-order valence-corrected chi connectivity index (χ0v) is 13.7. The van der Waals surface area contributed by atoms with Crippen molar-refractivity contribution in [2.24, 2.45) is 0 Å². The summed E-state index contributed by atoms with van der Waals surface area (Å²) in [6, 6.07) is 1.87. The van der Waals surface area contributed by atoms with E-state index in [1.54, 1.807) is 0 Å². The van der Waals surface area contributed by atoms with Crippen molar-refractivity contribution in [1.29, 1.82) is 0 Å². The molecule has 0 unspecified atom stereocenters. The van der Waals surface area contributed by atoms with Crippen LogP contribution in [-0.4, -0.2) is 50.0 Å². The van der Waals surface area contributed by atoms with E-state index in [0.717, 1.165) is 25.6 Å². The molecule has 6 nitrogen and oxygen atoms in total. The van der Waals surface area contributed by atoms with Crippen molar-refractivity contribution in [3.05, 3.63) is 36.2 Å². The van der Waals surface area contributed by atoms with Crippen LogP contribution in [0.15, 0.2) is 24.8 Å². The Hall–Kier alpha value is -1.95. The standard InChI is InChI=1S/C17H24N6/c1-14-15(21-13-20-14)12-23-9-2-4-17(23)5-10-22(11-6-17)16-18-7-3-8-19-16/h3,7-8,13H,2,4-6,9-12H2,1H3,(H,20,21). The fourth-order valence-corrected chi connectivity index (χ4v) is 4.11. The van der Waals surface area contributed by atoms with Gasteiger partial charge in [-0.15, -0.1) is 0 Å². The number of likely N-dealkylation sites (tertiary alicyclic amines) is 1. The van der Waals surface area contributed by atoms with Crippen molar-refractivity contribution in [2.45, 2.75) is 44.7 Å². The van der Waals surface area contributed by atoms with Crippen LogP contribution in [0.2, 0.25) is 0 Å². The third-order valence-corrected chi connectivity index (χ3v) is 5.55. The Balaban J connectivity index is 1.45. The number of H-pyrrole nitrogens is 1. The second-order valence-corrected chi connectivity index (χ2v) is 6.76. The second-order valence-electron chi connectivity index (χ2n) is 6.76. The van der Waals surface area contributed by atoms with Crippen LogP contribution < -0.4 is 4.90 Å². The number of anilines is 1. The van der Waals surface area contributed by atoms with Crippen LogP contribution in [0, 0.1) is 6.92 Å². The molecular formula is C17H24N6. The van der Waals surface area contributed by atoms with Crippen LogP contribution >= 0.6 is 0 Å². The number of aromatic amines is 1. The number of rotatable bonds is 3. The number of nitrogens with one attached hydrogen (secondary N) is 1. The number of imidazole rings is 1. The molecule has 0 bridgehead atoms. The smallest absolute Gasteiger partial charge is 0.225 e. The number of aryl methyl sites for hydroxylation is 1. The molecule has 4 rings (SSSR count). The van der Waals surface area contributed by atoms with E-state index in [2.05, 4.69) is 36.7 Å². The van der Waals surface area contributed by atoms with E-state index < -0.39 is 0 Å². The molecule has 6 heteroatoms. The largest absolute Gasteiger partial charge is 0.348 e. The fourth-order valence-electron chi connectivity index (χ4n) is 4.11. The molecule has 0 amide bonds. The first kappa shape index (κ1) is 14.6. The van der Waals surface area contributed by atoms with E-state index in [9.17, 15) is 0 Å². The predicted octanol–water partition coefficient (Wildman–Crippen LogP) is 2.14. The zero-order valence-electron chi connectivity index (χ0n) is 13.7. The molecule has 1 N–H and O–H groups in total. The highest BCUT2D eigenvalue weighted by molar-refractivity contribution is 5.30. The summed E-state index contributed by atoms with van der Waals surface area (Å²) in [6.45, 7) is 6.35. The number of nitrogens with zero attached hydrogens (tertiary/aromatic N) is 5. The lowest BCUT2D eigenvalue weighted by molar-refractivity contribution is 0.0981. The zero-order chi connectivity index (χ0) is 15.7. The van der Waals surface area contributed by atoms with E-state index in [1.807, 2.05) is 24.8 Å². The van der Waals surface area contributed by atoms with E-state index in [1.165, 1.54) is 43.6 Å². The van der Waals surface area contributed by atoms with Gasteiger partial charge in [0.25, 0.3) is 0 Å². The van der Waals surface area contributed by atoms with E-state index in [4.69, 9.17) is 0 Å². The Labute approximate surface area is 137 Å². The molecule has 2 fully saturated rings. The van der Waals surface area contributed by atoms with Gasteiger partial charge in [0.2, 0.25) is 5.95 Å². The highest BCUT2D eigenvalue weighted by Crippen LogP contribution is 2.39. The highest BCUT2D eigenvalue weighted by Gasteiger charge is 2.43. The van der Waals surface area contributed by atoms with Crippen molar-refractivity contribution >= 4 is 5.95 Å². The maximum atomic E-state index is 4.49. The summed E-state index contributed by atoms with van der Waals surface area (Å²) in [5.41, 5.74) is 2.73. The molecule has 122 valence electrons. The SMILES string of the molecule is Cc1[nH]cnc1CN1CCCC12CCN(c1ncccn1)CC2. The average molecular weight is 312 g/mol. The first-order valence-corrected chi connectivity index (χ1v) is 8.53. The summed E-state index contributed by atoms with van der Waals surface area (Å²) < 4.78 is 0. The first-order valence-electron chi connectivity index (χ1n) is 8.53. The molecule has 2 aromatic rings. The third kappa shape index (κ3) is 2.72. The highest BCUT2D eigenvalue weighted by atomic mass is 15.3. The molecule has 2 aliphatic heterocycles. The monoisotopic (exact) mass is 312 g/mol. The quantitative estimate of drug-likeness (QED) is 0.941. The predicted molar refractivity (Wildman–Crippen MR) is 89.2 cm³/mol. The molecule has 0 radical (unpaired) electrons. The minimum atomic E-state index is 0.344. The van der Waals surface area contributed by atoms with Crippen molar-refractivity contribution in [3.63, 3.8) is 0 Å². The van der Waals surface area contributed by atoms with Crippen molar-refractivity contribution in [2.75, 3.05) is 24.5 Å². The fraction of sp³-hybridized carbons (Fsp3) is 0.588. The van der Waals surface area contributed by atoms with Gasteiger partial charge in [0, 0.05) is 43.3 Å². The van der Waals surface area contributed by atoms with Gasteiger partial charge >= 0.3 is 0 Å². The van der Waals surface area contributed by atoms with Gasteiger partial charge < -0.3 is 9.88 Å². The van der Waals surface area contributed by atoms with Crippen molar-refractivity contribution in [3.8, 4) is 0 Å². The summed E-state index contributed by atoms with van der Waals surface area (Å²) >= 11 is 0. The van der Waals surface area contributed by atoms with Gasteiger partial charge in [-0.2, -0.15) is 0 Å². The molecule has 0 aromatic carbocycles. The van der Waals surface area contributed by atoms with Gasteiger partial charge in [-0.25, -0.2) is 15.0 Å². The minimum Gasteiger partial charge on any atom is -0.348 e. The summed E-state index contributed by atoms with van der Waals surface area (Å²) in [6.07, 6.45) is 10.4.